The minimum absolute atomic E-state index is 0.713. The Morgan fingerprint density at radius 2 is 1.67 bits per heavy atom. The zero-order valence-electron chi connectivity index (χ0n) is 7.64. The molecule has 1 aromatic rings. The van der Waals surface area contributed by atoms with Crippen LogP contribution >= 0.6 is 0 Å². The summed E-state index contributed by atoms with van der Waals surface area (Å²) >= 11 is 0. The highest BCUT2D eigenvalue weighted by atomic mass is 16.1. The number of aryl methyl sites for hydroxylation is 3. The van der Waals surface area contributed by atoms with Crippen molar-refractivity contribution in [2.24, 2.45) is 0 Å². The van der Waals surface area contributed by atoms with E-state index in [0.29, 0.717) is 6.41 Å². The summed E-state index contributed by atoms with van der Waals surface area (Å²) in [4.78, 5) is 10.3. The van der Waals surface area contributed by atoms with Gasteiger partial charge in [0.2, 0.25) is 6.41 Å². The lowest BCUT2D eigenvalue weighted by molar-refractivity contribution is -0.105. The SMILES string of the molecule is Cc1cc(C)c(NC=O)c(C)c1. The molecular weight excluding hydrogens is 150 g/mol. The van der Waals surface area contributed by atoms with Crippen LogP contribution in [-0.4, -0.2) is 6.41 Å². The van der Waals surface area contributed by atoms with Gasteiger partial charge in [-0.05, 0) is 31.9 Å². The molecule has 0 spiro atoms. The number of carbonyl (C=O) groups excluding carboxylic acids is 1. The maximum Gasteiger partial charge on any atom is 0.211 e. The van der Waals surface area contributed by atoms with Gasteiger partial charge in [-0.15, -0.1) is 0 Å². The summed E-state index contributed by atoms with van der Waals surface area (Å²) in [7, 11) is 0. The van der Waals surface area contributed by atoms with Crippen molar-refractivity contribution in [1.82, 2.24) is 0 Å². The molecule has 0 aliphatic carbocycles. The van der Waals surface area contributed by atoms with Crippen LogP contribution in [0.4, 0.5) is 5.69 Å². The Kier molecular flexibility index (Phi) is 2.48. The molecular formula is C10H13NO. The average Bonchev–Trinajstić information content (AvgIpc) is 1.96. The molecule has 0 aliphatic heterocycles. The molecule has 0 unspecified atom stereocenters. The van der Waals surface area contributed by atoms with Gasteiger partial charge in [0.25, 0.3) is 0 Å². The number of hydrogen-bond acceptors (Lipinski definition) is 1. The fourth-order valence-electron chi connectivity index (χ4n) is 1.47. The van der Waals surface area contributed by atoms with Gasteiger partial charge in [-0.1, -0.05) is 17.7 Å². The lowest BCUT2D eigenvalue weighted by Crippen LogP contribution is -1.99. The van der Waals surface area contributed by atoms with Gasteiger partial charge in [-0.25, -0.2) is 0 Å². The van der Waals surface area contributed by atoms with Crippen LogP contribution in [0.3, 0.4) is 0 Å². The maximum absolute atomic E-state index is 10.3. The molecule has 1 amide bonds. The van der Waals surface area contributed by atoms with Gasteiger partial charge < -0.3 is 5.32 Å². The first-order valence-corrected chi connectivity index (χ1v) is 3.93. The third-order valence-corrected chi connectivity index (χ3v) is 1.88. The van der Waals surface area contributed by atoms with E-state index in [2.05, 4.69) is 17.4 Å². The van der Waals surface area contributed by atoms with Crippen molar-refractivity contribution in [2.75, 3.05) is 5.32 Å². The third kappa shape index (κ3) is 1.64. The molecule has 0 fully saturated rings. The highest BCUT2D eigenvalue weighted by Gasteiger charge is 2.01. The van der Waals surface area contributed by atoms with Gasteiger partial charge >= 0.3 is 0 Å². The Morgan fingerprint density at radius 3 is 2.08 bits per heavy atom. The molecule has 0 saturated carbocycles. The Bertz CT molecular complexity index is 282. The highest BCUT2D eigenvalue weighted by Crippen LogP contribution is 2.20. The van der Waals surface area contributed by atoms with Crippen molar-refractivity contribution in [3.8, 4) is 0 Å². The summed E-state index contributed by atoms with van der Waals surface area (Å²) in [5.74, 6) is 0. The number of benzene rings is 1. The molecule has 1 N–H and O–H groups in total. The Balaban J connectivity index is 3.18. The van der Waals surface area contributed by atoms with Crippen LogP contribution < -0.4 is 5.32 Å². The fraction of sp³-hybridized carbons (Fsp3) is 0.300. The van der Waals surface area contributed by atoms with Gasteiger partial charge in [0, 0.05) is 5.69 Å². The molecule has 2 nitrogen and oxygen atoms in total. The number of rotatable bonds is 2. The number of amides is 1. The van der Waals surface area contributed by atoms with E-state index >= 15 is 0 Å². The van der Waals surface area contributed by atoms with Crippen molar-refractivity contribution in [2.45, 2.75) is 20.8 Å². The third-order valence-electron chi connectivity index (χ3n) is 1.88. The van der Waals surface area contributed by atoms with Gasteiger partial charge in [-0.3, -0.25) is 4.79 Å². The van der Waals surface area contributed by atoms with Crippen LogP contribution in [0, 0.1) is 20.8 Å². The van der Waals surface area contributed by atoms with E-state index in [1.807, 2.05) is 20.8 Å². The molecule has 1 aromatic carbocycles. The zero-order chi connectivity index (χ0) is 9.14. The van der Waals surface area contributed by atoms with Crippen molar-refractivity contribution >= 4 is 12.1 Å². The molecule has 0 heterocycles. The van der Waals surface area contributed by atoms with Crippen LogP contribution in [0.25, 0.3) is 0 Å². The molecule has 2 heteroatoms. The smallest absolute Gasteiger partial charge is 0.211 e. The van der Waals surface area contributed by atoms with E-state index in [1.165, 1.54) is 5.56 Å². The predicted octanol–water partition coefficient (Wildman–Crippen LogP) is 2.18. The first-order valence-electron chi connectivity index (χ1n) is 3.93. The molecule has 1 rings (SSSR count). The molecule has 0 radical (unpaired) electrons. The first kappa shape index (κ1) is 8.78. The average molecular weight is 163 g/mol. The summed E-state index contributed by atoms with van der Waals surface area (Å²) < 4.78 is 0. The number of anilines is 1. The van der Waals surface area contributed by atoms with Crippen molar-refractivity contribution < 1.29 is 4.79 Å². The fourth-order valence-corrected chi connectivity index (χ4v) is 1.47. The monoisotopic (exact) mass is 163 g/mol. The predicted molar refractivity (Wildman–Crippen MR) is 50.3 cm³/mol. The lowest BCUT2D eigenvalue weighted by Gasteiger charge is -2.08. The molecule has 0 aromatic heterocycles. The van der Waals surface area contributed by atoms with Crippen molar-refractivity contribution in [3.05, 3.63) is 28.8 Å². The minimum atomic E-state index is 0.713. The standard InChI is InChI=1S/C10H13NO/c1-7-4-8(2)10(11-6-12)9(3)5-7/h4-6H,1-3H3,(H,11,12). The molecule has 0 aliphatic rings. The lowest BCUT2D eigenvalue weighted by atomic mass is 10.1. The number of hydrogen-bond donors (Lipinski definition) is 1. The van der Waals surface area contributed by atoms with Gasteiger partial charge in [-0.2, -0.15) is 0 Å². The molecule has 0 bridgehead atoms. The van der Waals surface area contributed by atoms with Crippen molar-refractivity contribution in [3.63, 3.8) is 0 Å². The van der Waals surface area contributed by atoms with Gasteiger partial charge in [0.1, 0.15) is 0 Å². The van der Waals surface area contributed by atoms with E-state index < -0.39 is 0 Å². The number of nitrogens with one attached hydrogen (secondary N) is 1. The number of carbonyl (C=O) groups is 1. The summed E-state index contributed by atoms with van der Waals surface area (Å²) in [6.07, 6.45) is 0.713. The Labute approximate surface area is 72.6 Å². The molecule has 64 valence electrons. The summed E-state index contributed by atoms with van der Waals surface area (Å²) in [5, 5.41) is 2.69. The van der Waals surface area contributed by atoms with Gasteiger partial charge in [0.15, 0.2) is 0 Å². The summed E-state index contributed by atoms with van der Waals surface area (Å²) in [6.45, 7) is 6.03. The molecule has 0 atom stereocenters. The zero-order valence-corrected chi connectivity index (χ0v) is 7.64. The van der Waals surface area contributed by atoms with Gasteiger partial charge in [0.05, 0.1) is 0 Å². The summed E-state index contributed by atoms with van der Waals surface area (Å²) in [5.41, 5.74) is 4.37. The Morgan fingerprint density at radius 1 is 1.17 bits per heavy atom. The molecule has 0 saturated heterocycles. The molecule has 12 heavy (non-hydrogen) atoms. The summed E-state index contributed by atoms with van der Waals surface area (Å²) in [6, 6.07) is 4.11. The van der Waals surface area contributed by atoms with E-state index in [-0.39, 0.29) is 0 Å². The second kappa shape index (κ2) is 3.39. The maximum atomic E-state index is 10.3. The van der Waals surface area contributed by atoms with E-state index in [0.717, 1.165) is 16.8 Å². The normalized spacial score (nSPS) is 9.58. The second-order valence-corrected chi connectivity index (χ2v) is 3.04. The van der Waals surface area contributed by atoms with E-state index in [4.69, 9.17) is 0 Å². The van der Waals surface area contributed by atoms with E-state index in [9.17, 15) is 4.79 Å². The van der Waals surface area contributed by atoms with Crippen LogP contribution in [0.15, 0.2) is 12.1 Å². The van der Waals surface area contributed by atoms with Crippen LogP contribution in [-0.2, 0) is 4.79 Å². The van der Waals surface area contributed by atoms with Crippen LogP contribution in [0.1, 0.15) is 16.7 Å². The highest BCUT2D eigenvalue weighted by molar-refractivity contribution is 5.75. The second-order valence-electron chi connectivity index (χ2n) is 3.04. The van der Waals surface area contributed by atoms with Crippen molar-refractivity contribution in [1.29, 1.82) is 0 Å². The van der Waals surface area contributed by atoms with E-state index in [1.54, 1.807) is 0 Å². The quantitative estimate of drug-likeness (QED) is 0.665. The minimum Gasteiger partial charge on any atom is -0.328 e. The van der Waals surface area contributed by atoms with Crippen LogP contribution in [0.2, 0.25) is 0 Å². The Hall–Kier alpha value is -1.31. The topological polar surface area (TPSA) is 29.1 Å². The largest absolute Gasteiger partial charge is 0.328 e. The van der Waals surface area contributed by atoms with Crippen LogP contribution in [0.5, 0.6) is 0 Å². The first-order chi connectivity index (χ1) is 5.65.